The van der Waals surface area contributed by atoms with Crippen molar-refractivity contribution in [1.29, 1.82) is 0 Å². The Morgan fingerprint density at radius 1 is 1.69 bits per heavy atom. The lowest BCUT2D eigenvalue weighted by molar-refractivity contribution is -0.167. The molecule has 1 aromatic rings. The molecule has 1 aromatic heterocycles. The van der Waals surface area contributed by atoms with Gasteiger partial charge in [-0.3, -0.25) is 9.69 Å². The van der Waals surface area contributed by atoms with Crippen LogP contribution < -0.4 is 0 Å². The van der Waals surface area contributed by atoms with Gasteiger partial charge in [0.2, 0.25) is 11.1 Å². The summed E-state index contributed by atoms with van der Waals surface area (Å²) in [6.07, 6.45) is 2.33. The first-order chi connectivity index (χ1) is 7.83. The van der Waals surface area contributed by atoms with Gasteiger partial charge in [0.15, 0.2) is 0 Å². The lowest BCUT2D eigenvalue weighted by atomic mass is 10.1. The number of ether oxygens (including phenoxy) is 1. The SMILES string of the molecule is O=C1C[C@H]2OCC(CSc3nn[nH]n3)=CN12. The quantitative estimate of drug-likeness (QED) is 0.579. The summed E-state index contributed by atoms with van der Waals surface area (Å²) in [6, 6.07) is 0. The summed E-state index contributed by atoms with van der Waals surface area (Å²) in [6.45, 7) is 0.569. The van der Waals surface area contributed by atoms with Crippen LogP contribution >= 0.6 is 11.8 Å². The molecule has 2 aliphatic heterocycles. The monoisotopic (exact) mass is 239 g/mol. The molecular formula is C8H9N5O2S. The van der Waals surface area contributed by atoms with Gasteiger partial charge in [-0.15, -0.1) is 10.2 Å². The number of aromatic amines is 1. The third-order valence-corrected chi connectivity index (χ3v) is 3.39. The van der Waals surface area contributed by atoms with Crippen LogP contribution in [0.4, 0.5) is 0 Å². The van der Waals surface area contributed by atoms with Crippen LogP contribution in [0.15, 0.2) is 16.9 Å². The fourth-order valence-electron chi connectivity index (χ4n) is 1.58. The zero-order valence-electron chi connectivity index (χ0n) is 8.29. The fraction of sp³-hybridized carbons (Fsp3) is 0.500. The average molecular weight is 239 g/mol. The number of hydrogen-bond acceptors (Lipinski definition) is 6. The fourth-order valence-corrected chi connectivity index (χ4v) is 2.26. The van der Waals surface area contributed by atoms with Crippen molar-refractivity contribution in [3.8, 4) is 0 Å². The number of aromatic nitrogens is 4. The van der Waals surface area contributed by atoms with E-state index in [9.17, 15) is 4.79 Å². The number of H-pyrrole nitrogens is 1. The van der Waals surface area contributed by atoms with E-state index in [-0.39, 0.29) is 12.1 Å². The highest BCUT2D eigenvalue weighted by Gasteiger charge is 2.38. The van der Waals surface area contributed by atoms with Crippen LogP contribution in [-0.4, -0.2) is 50.0 Å². The first-order valence-electron chi connectivity index (χ1n) is 4.81. The molecule has 3 heterocycles. The zero-order chi connectivity index (χ0) is 11.0. The first kappa shape index (κ1) is 9.79. The molecule has 0 radical (unpaired) electrons. The summed E-state index contributed by atoms with van der Waals surface area (Å²) in [5.74, 6) is 0.822. The number of thioether (sulfide) groups is 1. The van der Waals surface area contributed by atoms with E-state index in [0.29, 0.717) is 23.9 Å². The van der Waals surface area contributed by atoms with Crippen LogP contribution in [0, 0.1) is 0 Å². The molecular weight excluding hydrogens is 230 g/mol. The van der Waals surface area contributed by atoms with Gasteiger partial charge in [-0.1, -0.05) is 11.8 Å². The van der Waals surface area contributed by atoms with Gasteiger partial charge in [0, 0.05) is 12.0 Å². The second-order valence-electron chi connectivity index (χ2n) is 3.54. The molecule has 16 heavy (non-hydrogen) atoms. The molecule has 8 heteroatoms. The third kappa shape index (κ3) is 1.69. The van der Waals surface area contributed by atoms with E-state index in [1.54, 1.807) is 4.90 Å². The van der Waals surface area contributed by atoms with Crippen molar-refractivity contribution in [3.63, 3.8) is 0 Å². The minimum absolute atomic E-state index is 0.0357. The number of tetrazole rings is 1. The van der Waals surface area contributed by atoms with E-state index >= 15 is 0 Å². The van der Waals surface area contributed by atoms with Crippen LogP contribution in [0.25, 0.3) is 0 Å². The highest BCUT2D eigenvalue weighted by atomic mass is 32.2. The smallest absolute Gasteiger partial charge is 0.233 e. The molecule has 1 fully saturated rings. The maximum atomic E-state index is 11.2. The highest BCUT2D eigenvalue weighted by molar-refractivity contribution is 7.99. The Kier molecular flexibility index (Phi) is 2.37. The third-order valence-electron chi connectivity index (χ3n) is 2.44. The number of nitrogens with one attached hydrogen (secondary N) is 1. The van der Waals surface area contributed by atoms with E-state index in [0.717, 1.165) is 5.57 Å². The van der Waals surface area contributed by atoms with Gasteiger partial charge < -0.3 is 4.74 Å². The van der Waals surface area contributed by atoms with Gasteiger partial charge in [0.25, 0.3) is 0 Å². The Labute approximate surface area is 95.2 Å². The number of fused-ring (bicyclic) bond motifs is 1. The Morgan fingerprint density at radius 2 is 2.62 bits per heavy atom. The number of rotatable bonds is 3. The highest BCUT2D eigenvalue weighted by Crippen LogP contribution is 2.28. The summed E-state index contributed by atoms with van der Waals surface area (Å²) in [4.78, 5) is 12.8. The van der Waals surface area contributed by atoms with Gasteiger partial charge >= 0.3 is 0 Å². The molecule has 0 aliphatic carbocycles. The van der Waals surface area contributed by atoms with E-state index in [4.69, 9.17) is 4.74 Å². The number of carbonyl (C=O) groups is 1. The van der Waals surface area contributed by atoms with Crippen molar-refractivity contribution in [2.45, 2.75) is 17.8 Å². The second kappa shape index (κ2) is 3.87. The van der Waals surface area contributed by atoms with Crippen molar-refractivity contribution in [2.75, 3.05) is 12.4 Å². The molecule has 1 saturated heterocycles. The minimum Gasteiger partial charge on any atom is -0.353 e. The van der Waals surface area contributed by atoms with E-state index < -0.39 is 0 Å². The van der Waals surface area contributed by atoms with E-state index in [1.165, 1.54) is 11.8 Å². The predicted octanol–water partition coefficient (Wildman–Crippen LogP) is -0.236. The molecule has 7 nitrogen and oxygen atoms in total. The normalized spacial score (nSPS) is 23.8. The lowest BCUT2D eigenvalue weighted by Crippen LogP contribution is -2.53. The van der Waals surface area contributed by atoms with Gasteiger partial charge in [0.1, 0.15) is 6.23 Å². The molecule has 0 unspecified atom stereocenters. The zero-order valence-corrected chi connectivity index (χ0v) is 9.11. The number of β-lactam (4-membered cyclic amide) rings is 1. The number of amides is 1. The van der Waals surface area contributed by atoms with Crippen molar-refractivity contribution in [2.24, 2.45) is 0 Å². The van der Waals surface area contributed by atoms with Crippen LogP contribution in [-0.2, 0) is 9.53 Å². The largest absolute Gasteiger partial charge is 0.353 e. The summed E-state index contributed by atoms with van der Waals surface area (Å²) in [5, 5.41) is 14.1. The van der Waals surface area contributed by atoms with Crippen molar-refractivity contribution in [1.82, 2.24) is 25.5 Å². The molecule has 0 aromatic carbocycles. The maximum absolute atomic E-state index is 11.2. The molecule has 0 spiro atoms. The van der Waals surface area contributed by atoms with Crippen LogP contribution in [0.5, 0.6) is 0 Å². The Hall–Kier alpha value is -1.41. The maximum Gasteiger partial charge on any atom is 0.233 e. The standard InChI is InChI=1S/C8H9N5O2S/c14-6-1-7-13(6)2-5(3-15-7)4-16-8-9-11-12-10-8/h2,7H,1,3-4H2,(H,9,10,11,12)/t7-/m1/s1. The van der Waals surface area contributed by atoms with Gasteiger partial charge in [-0.2, -0.15) is 5.21 Å². The molecule has 0 saturated carbocycles. The Balaban J connectivity index is 1.61. The molecule has 2 aliphatic rings. The van der Waals surface area contributed by atoms with Gasteiger partial charge in [-0.05, 0) is 10.8 Å². The molecule has 0 bridgehead atoms. The predicted molar refractivity (Wildman–Crippen MR) is 54.2 cm³/mol. The molecule has 84 valence electrons. The summed E-state index contributed by atoms with van der Waals surface area (Å²) >= 11 is 1.46. The summed E-state index contributed by atoms with van der Waals surface area (Å²) < 4.78 is 5.49. The minimum atomic E-state index is -0.0357. The van der Waals surface area contributed by atoms with Crippen molar-refractivity contribution >= 4 is 17.7 Å². The van der Waals surface area contributed by atoms with Crippen molar-refractivity contribution in [3.05, 3.63) is 11.8 Å². The van der Waals surface area contributed by atoms with Crippen molar-refractivity contribution < 1.29 is 9.53 Å². The molecule has 3 rings (SSSR count). The number of hydrogen-bond donors (Lipinski definition) is 1. The Bertz CT molecular complexity index is 432. The van der Waals surface area contributed by atoms with Crippen LogP contribution in [0.3, 0.4) is 0 Å². The summed E-state index contributed by atoms with van der Waals surface area (Å²) in [7, 11) is 0. The first-order valence-corrected chi connectivity index (χ1v) is 5.80. The average Bonchev–Trinajstić information content (AvgIpc) is 2.79. The van der Waals surface area contributed by atoms with Crippen LogP contribution in [0.1, 0.15) is 6.42 Å². The van der Waals surface area contributed by atoms with Crippen LogP contribution in [0.2, 0.25) is 0 Å². The Morgan fingerprint density at radius 3 is 3.38 bits per heavy atom. The second-order valence-corrected chi connectivity index (χ2v) is 4.48. The van der Waals surface area contributed by atoms with E-state index in [2.05, 4.69) is 20.6 Å². The number of nitrogens with zero attached hydrogens (tertiary/aromatic N) is 4. The molecule has 1 atom stereocenters. The topological polar surface area (TPSA) is 84.0 Å². The van der Waals surface area contributed by atoms with E-state index in [1.807, 2.05) is 6.20 Å². The van der Waals surface area contributed by atoms with Gasteiger partial charge in [-0.25, -0.2) is 0 Å². The molecule has 1 N–H and O–H groups in total. The summed E-state index contributed by atoms with van der Waals surface area (Å²) in [5.41, 5.74) is 1.05. The van der Waals surface area contributed by atoms with Gasteiger partial charge in [0.05, 0.1) is 13.0 Å². The number of carbonyl (C=O) groups excluding carboxylic acids is 1. The molecule has 1 amide bonds. The lowest BCUT2D eigenvalue weighted by Gasteiger charge is -2.41.